The summed E-state index contributed by atoms with van der Waals surface area (Å²) >= 11 is 1.65. The number of hydrogen-bond donors (Lipinski definition) is 2. The fourth-order valence-electron chi connectivity index (χ4n) is 1.28. The van der Waals surface area contributed by atoms with E-state index in [0.29, 0.717) is 25.0 Å². The fraction of sp³-hybridized carbons (Fsp3) is 0.500. The SMILES string of the molecule is CCNCc1nnc(NCc2cnc(C)s2)o1. The molecule has 7 heteroatoms. The van der Waals surface area contributed by atoms with Crippen LogP contribution in [0.4, 0.5) is 6.01 Å². The van der Waals surface area contributed by atoms with E-state index in [1.165, 1.54) is 0 Å². The maximum Gasteiger partial charge on any atom is 0.315 e. The molecule has 0 atom stereocenters. The Bertz CT molecular complexity index is 467. The maximum absolute atomic E-state index is 5.40. The van der Waals surface area contributed by atoms with Gasteiger partial charge < -0.3 is 15.1 Å². The second-order valence-corrected chi connectivity index (χ2v) is 4.80. The lowest BCUT2D eigenvalue weighted by Crippen LogP contribution is -2.11. The van der Waals surface area contributed by atoms with Gasteiger partial charge in [0.15, 0.2) is 0 Å². The molecule has 17 heavy (non-hydrogen) atoms. The molecule has 0 aliphatic carbocycles. The molecule has 0 saturated heterocycles. The van der Waals surface area contributed by atoms with E-state index in [1.807, 2.05) is 20.0 Å². The smallest absolute Gasteiger partial charge is 0.315 e. The second kappa shape index (κ2) is 5.74. The number of nitrogens with zero attached hydrogens (tertiary/aromatic N) is 3. The zero-order valence-corrected chi connectivity index (χ0v) is 10.7. The van der Waals surface area contributed by atoms with Crippen LogP contribution in [0.15, 0.2) is 10.6 Å². The Labute approximate surface area is 103 Å². The van der Waals surface area contributed by atoms with Gasteiger partial charge in [0.2, 0.25) is 5.89 Å². The summed E-state index contributed by atoms with van der Waals surface area (Å²) in [5.41, 5.74) is 0. The van der Waals surface area contributed by atoms with Crippen molar-refractivity contribution in [1.82, 2.24) is 20.5 Å². The van der Waals surface area contributed by atoms with Gasteiger partial charge in [-0.2, -0.15) is 0 Å². The van der Waals surface area contributed by atoms with Crippen molar-refractivity contribution in [3.63, 3.8) is 0 Å². The third-order valence-corrected chi connectivity index (χ3v) is 2.99. The predicted molar refractivity (Wildman–Crippen MR) is 65.9 cm³/mol. The lowest BCUT2D eigenvalue weighted by molar-refractivity contribution is 0.481. The largest absolute Gasteiger partial charge is 0.407 e. The molecular formula is C10H15N5OS. The molecule has 0 aliphatic heterocycles. The van der Waals surface area contributed by atoms with Crippen molar-refractivity contribution in [3.8, 4) is 0 Å². The Hall–Kier alpha value is -1.47. The Morgan fingerprint density at radius 2 is 2.24 bits per heavy atom. The summed E-state index contributed by atoms with van der Waals surface area (Å²) in [6.45, 7) is 6.15. The number of thiazole rings is 1. The average Bonchev–Trinajstić information content (AvgIpc) is 2.93. The van der Waals surface area contributed by atoms with Gasteiger partial charge in [-0.3, -0.25) is 0 Å². The molecule has 2 heterocycles. The molecule has 92 valence electrons. The third-order valence-electron chi connectivity index (χ3n) is 2.08. The van der Waals surface area contributed by atoms with Crippen LogP contribution in [0.2, 0.25) is 0 Å². The van der Waals surface area contributed by atoms with E-state index in [-0.39, 0.29) is 0 Å². The summed E-state index contributed by atoms with van der Waals surface area (Å²) in [4.78, 5) is 5.32. The predicted octanol–water partition coefficient (Wildman–Crippen LogP) is 1.56. The monoisotopic (exact) mass is 253 g/mol. The van der Waals surface area contributed by atoms with Crippen LogP contribution in [-0.4, -0.2) is 21.7 Å². The molecule has 0 amide bonds. The highest BCUT2D eigenvalue weighted by atomic mass is 32.1. The van der Waals surface area contributed by atoms with Crippen molar-refractivity contribution in [3.05, 3.63) is 22.0 Å². The first-order chi connectivity index (χ1) is 8.28. The minimum Gasteiger partial charge on any atom is -0.407 e. The van der Waals surface area contributed by atoms with Gasteiger partial charge in [0.1, 0.15) is 0 Å². The molecule has 0 aromatic carbocycles. The molecule has 2 aromatic rings. The number of anilines is 1. The number of hydrogen-bond acceptors (Lipinski definition) is 7. The Morgan fingerprint density at radius 3 is 2.94 bits per heavy atom. The van der Waals surface area contributed by atoms with Gasteiger partial charge in [-0.15, -0.1) is 16.4 Å². The van der Waals surface area contributed by atoms with Crippen molar-refractivity contribution >= 4 is 17.4 Å². The summed E-state index contributed by atoms with van der Waals surface area (Å²) in [6.07, 6.45) is 1.85. The molecule has 2 aromatic heterocycles. The standard InChI is InChI=1S/C10H15N5OS/c1-3-11-6-9-14-15-10(16-9)13-5-8-4-12-7(2)17-8/h4,11H,3,5-6H2,1-2H3,(H,13,15). The third kappa shape index (κ3) is 3.50. The summed E-state index contributed by atoms with van der Waals surface area (Å²) in [5, 5.41) is 15.1. The lowest BCUT2D eigenvalue weighted by Gasteiger charge is -1.97. The number of aryl methyl sites for hydroxylation is 1. The molecule has 0 saturated carbocycles. The van der Waals surface area contributed by atoms with Crippen molar-refractivity contribution < 1.29 is 4.42 Å². The molecule has 2 rings (SSSR count). The highest BCUT2D eigenvalue weighted by Gasteiger charge is 2.05. The van der Waals surface area contributed by atoms with Gasteiger partial charge >= 0.3 is 6.01 Å². The number of aromatic nitrogens is 3. The Morgan fingerprint density at radius 1 is 1.35 bits per heavy atom. The van der Waals surface area contributed by atoms with Crippen LogP contribution in [-0.2, 0) is 13.1 Å². The fourth-order valence-corrected chi connectivity index (χ4v) is 2.01. The quantitative estimate of drug-likeness (QED) is 0.813. The van der Waals surface area contributed by atoms with Gasteiger partial charge in [0.25, 0.3) is 0 Å². The van der Waals surface area contributed by atoms with E-state index in [1.54, 1.807) is 11.3 Å². The van der Waals surface area contributed by atoms with Crippen LogP contribution in [0.5, 0.6) is 0 Å². The van der Waals surface area contributed by atoms with Crippen LogP contribution >= 0.6 is 11.3 Å². The first-order valence-corrected chi connectivity index (χ1v) is 6.28. The van der Waals surface area contributed by atoms with Crippen LogP contribution in [0.3, 0.4) is 0 Å². The van der Waals surface area contributed by atoms with E-state index in [0.717, 1.165) is 16.4 Å². The van der Waals surface area contributed by atoms with Crippen molar-refractivity contribution in [1.29, 1.82) is 0 Å². The van der Waals surface area contributed by atoms with E-state index < -0.39 is 0 Å². The topological polar surface area (TPSA) is 75.9 Å². The maximum atomic E-state index is 5.40. The van der Waals surface area contributed by atoms with Crippen LogP contribution in [0.1, 0.15) is 22.7 Å². The number of nitrogens with one attached hydrogen (secondary N) is 2. The molecule has 0 fully saturated rings. The molecule has 0 spiro atoms. The molecule has 0 aliphatic rings. The zero-order chi connectivity index (χ0) is 12.1. The van der Waals surface area contributed by atoms with Crippen LogP contribution < -0.4 is 10.6 Å². The van der Waals surface area contributed by atoms with Gasteiger partial charge in [0, 0.05) is 11.1 Å². The highest BCUT2D eigenvalue weighted by Crippen LogP contribution is 2.13. The highest BCUT2D eigenvalue weighted by molar-refractivity contribution is 7.11. The molecule has 0 radical (unpaired) electrons. The van der Waals surface area contributed by atoms with Crippen molar-refractivity contribution in [2.45, 2.75) is 26.9 Å². The molecule has 0 unspecified atom stereocenters. The van der Waals surface area contributed by atoms with Crippen molar-refractivity contribution in [2.24, 2.45) is 0 Å². The van der Waals surface area contributed by atoms with Gasteiger partial charge in [0.05, 0.1) is 18.1 Å². The molecule has 6 nitrogen and oxygen atoms in total. The Kier molecular flexibility index (Phi) is 4.05. The van der Waals surface area contributed by atoms with E-state index >= 15 is 0 Å². The first kappa shape index (κ1) is 12.0. The minimum absolute atomic E-state index is 0.448. The number of rotatable bonds is 6. The summed E-state index contributed by atoms with van der Waals surface area (Å²) in [6, 6.07) is 0.448. The van der Waals surface area contributed by atoms with E-state index in [2.05, 4.69) is 25.8 Å². The molecule has 2 N–H and O–H groups in total. The van der Waals surface area contributed by atoms with Gasteiger partial charge in [-0.05, 0) is 13.5 Å². The zero-order valence-electron chi connectivity index (χ0n) is 9.86. The van der Waals surface area contributed by atoms with E-state index in [9.17, 15) is 0 Å². The second-order valence-electron chi connectivity index (χ2n) is 3.48. The Balaban J connectivity index is 1.84. The summed E-state index contributed by atoms with van der Waals surface area (Å²) in [5.74, 6) is 0.592. The molecular weight excluding hydrogens is 238 g/mol. The van der Waals surface area contributed by atoms with Crippen molar-refractivity contribution in [2.75, 3.05) is 11.9 Å². The summed E-state index contributed by atoms with van der Waals surface area (Å²) in [7, 11) is 0. The van der Waals surface area contributed by atoms with Crippen LogP contribution in [0, 0.1) is 6.92 Å². The average molecular weight is 253 g/mol. The van der Waals surface area contributed by atoms with Gasteiger partial charge in [-0.25, -0.2) is 4.98 Å². The minimum atomic E-state index is 0.448. The van der Waals surface area contributed by atoms with Gasteiger partial charge in [-0.1, -0.05) is 12.0 Å². The summed E-state index contributed by atoms with van der Waals surface area (Å²) < 4.78 is 5.40. The normalized spacial score (nSPS) is 10.7. The first-order valence-electron chi connectivity index (χ1n) is 5.46. The van der Waals surface area contributed by atoms with Crippen LogP contribution in [0.25, 0.3) is 0 Å². The van der Waals surface area contributed by atoms with E-state index in [4.69, 9.17) is 4.42 Å². The lowest BCUT2D eigenvalue weighted by atomic mass is 10.5. The molecule has 0 bridgehead atoms.